The number of hydrogen-bond acceptors (Lipinski definition) is 15. The molecule has 348 valence electrons. The molecule has 3 aromatic rings. The van der Waals surface area contributed by atoms with E-state index in [-0.39, 0.29) is 42.4 Å². The van der Waals surface area contributed by atoms with Crippen LogP contribution in [0.2, 0.25) is 0 Å². The Labute approximate surface area is 391 Å². The van der Waals surface area contributed by atoms with Gasteiger partial charge in [0.2, 0.25) is 12.5 Å². The monoisotopic (exact) mass is 939 g/mol. The molecule has 18 heteroatoms. The summed E-state index contributed by atoms with van der Waals surface area (Å²) in [6, 6.07) is 16.3. The largest absolute Gasteiger partial charge is 0.467 e. The number of pyridine rings is 1. The summed E-state index contributed by atoms with van der Waals surface area (Å²) in [5.74, 6) is -1.06. The third-order valence-electron chi connectivity index (χ3n) is 10.6. The Hall–Kier alpha value is -6.34. The van der Waals surface area contributed by atoms with Crippen molar-refractivity contribution < 1.29 is 53.0 Å². The van der Waals surface area contributed by atoms with Crippen LogP contribution in [0, 0.1) is 0 Å². The molecule has 16 nitrogen and oxygen atoms in total. The highest BCUT2D eigenvalue weighted by molar-refractivity contribution is 8.76. The molecule has 4 N–H and O–H groups in total. The van der Waals surface area contributed by atoms with Crippen molar-refractivity contribution in [3.8, 4) is 0 Å². The molecule has 1 aromatic heterocycles. The van der Waals surface area contributed by atoms with Gasteiger partial charge in [-0.3, -0.25) is 14.6 Å². The number of ether oxygens (including phenoxy) is 2. The molecule has 0 bridgehead atoms. The Kier molecular flexibility index (Phi) is 19.9. The van der Waals surface area contributed by atoms with Crippen molar-refractivity contribution in [3.63, 3.8) is 0 Å². The second kappa shape index (κ2) is 26.0. The van der Waals surface area contributed by atoms with Crippen molar-refractivity contribution in [3.05, 3.63) is 120 Å². The first-order valence-electron chi connectivity index (χ1n) is 21.1. The third kappa shape index (κ3) is 15.4. The van der Waals surface area contributed by atoms with Crippen molar-refractivity contribution in [2.24, 2.45) is 4.99 Å². The number of methoxy groups -OCH3 is 2. The Morgan fingerprint density at radius 3 is 1.70 bits per heavy atom. The molecule has 2 aromatic carbocycles. The lowest BCUT2D eigenvalue weighted by Crippen LogP contribution is -2.46. The molecule has 0 spiro atoms. The van der Waals surface area contributed by atoms with Crippen LogP contribution in [-0.4, -0.2) is 134 Å². The number of hydrogen-bond donors (Lipinski definition) is 4. The van der Waals surface area contributed by atoms with Crippen LogP contribution >= 0.6 is 21.6 Å². The number of aliphatic imine (C=N–C) groups is 1. The normalized spacial score (nSPS) is 19.5. The number of aldehydes is 2. The number of β-amino-alcohol motifs (C(OH)–C–C–N with tert-alkyl or cyclic N) is 2. The molecule has 5 rings (SSSR count). The van der Waals surface area contributed by atoms with Crippen LogP contribution in [0.5, 0.6) is 0 Å². The highest BCUT2D eigenvalue weighted by Gasteiger charge is 2.38. The summed E-state index contributed by atoms with van der Waals surface area (Å²) < 4.78 is 11.5. The summed E-state index contributed by atoms with van der Waals surface area (Å²) in [4.78, 5) is 80.8. The summed E-state index contributed by atoms with van der Waals surface area (Å²) in [7, 11) is 5.25. The molecule has 2 saturated heterocycles. The fourth-order valence-corrected chi connectivity index (χ4v) is 9.42. The van der Waals surface area contributed by atoms with E-state index in [1.807, 2.05) is 94.8 Å². The van der Waals surface area contributed by atoms with E-state index in [2.05, 4.69) is 22.2 Å². The van der Waals surface area contributed by atoms with E-state index in [9.17, 15) is 39.0 Å². The maximum atomic E-state index is 12.7. The molecule has 2 amide bonds. The van der Waals surface area contributed by atoms with Crippen LogP contribution in [0.25, 0.3) is 18.2 Å². The van der Waals surface area contributed by atoms with Crippen LogP contribution in [-0.2, 0) is 44.8 Å². The van der Waals surface area contributed by atoms with Crippen molar-refractivity contribution in [1.82, 2.24) is 10.6 Å². The minimum atomic E-state index is -0.780. The van der Waals surface area contributed by atoms with Crippen molar-refractivity contribution in [1.29, 1.82) is 0 Å². The predicted molar refractivity (Wildman–Crippen MR) is 258 cm³/mol. The van der Waals surface area contributed by atoms with E-state index in [0.717, 1.165) is 33.6 Å². The number of carbonyl (C=O) groups is 6. The standard InChI is InChI=1S/C48H54N6O10S2/c1-4-33(5-6-34-9-13-39(14-10-34)53-26-41(57)23-43(53)47(61)63-2)17-20-49-25-45(59)50-37(29-55)31-65-66-32-38(30-56)51-46(60)28-52-21-18-36(19-22-52)8-7-35-11-15-40(16-12-35)54-27-42(58)24-44(54)48(62)64-3/h4-22,29-30,37-38,41-44,57-58H,1,23-28,31-32H2,2-3H3,(H-,50,51,59,60)/p+1/b6-5+,33-17+,49-20?. The molecule has 0 saturated carbocycles. The van der Waals surface area contributed by atoms with Gasteiger partial charge in [-0.25, -0.2) is 9.59 Å². The number of allylic oxidation sites excluding steroid dienone is 4. The topological polar surface area (TPSA) is 208 Å². The summed E-state index contributed by atoms with van der Waals surface area (Å²) in [6.07, 6.45) is 16.6. The number of nitrogens with zero attached hydrogens (tertiary/aromatic N) is 4. The third-order valence-corrected chi connectivity index (χ3v) is 13.0. The number of anilines is 2. The summed E-state index contributed by atoms with van der Waals surface area (Å²) >= 11 is 0. The van der Waals surface area contributed by atoms with E-state index in [4.69, 9.17) is 9.47 Å². The van der Waals surface area contributed by atoms with E-state index in [1.54, 1.807) is 29.1 Å². The number of carbonyl (C=O) groups excluding carboxylic acids is 6. The van der Waals surface area contributed by atoms with Gasteiger partial charge in [0.25, 0.3) is 5.91 Å². The Bertz CT molecular complexity index is 2270. The van der Waals surface area contributed by atoms with Gasteiger partial charge in [0.05, 0.1) is 38.5 Å². The lowest BCUT2D eigenvalue weighted by molar-refractivity contribution is -0.684. The van der Waals surface area contributed by atoms with Crippen molar-refractivity contribution in [2.45, 2.75) is 55.8 Å². The fourth-order valence-electron chi connectivity index (χ4n) is 7.15. The van der Waals surface area contributed by atoms with Crippen molar-refractivity contribution in [2.75, 3.05) is 55.2 Å². The SMILES string of the molecule is C=CC(/C=C/c1ccc(N2CC(O)CC2C(=O)OC)cc1)=C\C=NCC(=O)NC(C=O)CSSCC(C=O)NC(=O)C[n+]1ccc(/C=C/c2ccc(N3CC(O)CC3C(=O)OC)cc2)cc1. The number of aromatic nitrogens is 1. The lowest BCUT2D eigenvalue weighted by Gasteiger charge is -2.24. The van der Waals surface area contributed by atoms with Gasteiger partial charge in [-0.05, 0) is 52.6 Å². The van der Waals surface area contributed by atoms with Crippen molar-refractivity contribution >= 4 is 93.7 Å². The molecular weight excluding hydrogens is 885 g/mol. The minimum absolute atomic E-state index is 0.00235. The average Bonchev–Trinajstić information content (AvgIpc) is 3.93. The number of benzene rings is 2. The van der Waals surface area contributed by atoms with Gasteiger partial charge in [-0.2, -0.15) is 4.57 Å². The number of nitrogens with one attached hydrogen (secondary N) is 2. The van der Waals surface area contributed by atoms with Gasteiger partial charge in [0.15, 0.2) is 12.4 Å². The van der Waals surface area contributed by atoms with Crippen LogP contribution in [0.15, 0.2) is 108 Å². The quantitative estimate of drug-likeness (QED) is 0.0205. The predicted octanol–water partition coefficient (Wildman–Crippen LogP) is 3.02. The average molecular weight is 940 g/mol. The summed E-state index contributed by atoms with van der Waals surface area (Å²) in [5.41, 5.74) is 5.08. The smallest absolute Gasteiger partial charge is 0.328 e. The number of rotatable bonds is 23. The molecule has 2 fully saturated rings. The first-order chi connectivity index (χ1) is 31.9. The molecule has 2 aliphatic heterocycles. The zero-order valence-corrected chi connectivity index (χ0v) is 38.4. The van der Waals surface area contributed by atoms with Gasteiger partial charge in [0.1, 0.15) is 31.2 Å². The molecule has 66 heavy (non-hydrogen) atoms. The molecule has 0 aliphatic carbocycles. The van der Waals surface area contributed by atoms with Gasteiger partial charge in [-0.1, -0.05) is 82.8 Å². The summed E-state index contributed by atoms with van der Waals surface area (Å²) in [5, 5.41) is 25.5. The van der Waals surface area contributed by atoms with Gasteiger partial charge >= 0.3 is 11.9 Å². The number of amides is 2. The first kappa shape index (κ1) is 50.7. The highest BCUT2D eigenvalue weighted by Crippen LogP contribution is 2.29. The second-order valence-corrected chi connectivity index (χ2v) is 17.9. The zero-order valence-electron chi connectivity index (χ0n) is 36.7. The van der Waals surface area contributed by atoms with Gasteiger partial charge < -0.3 is 49.7 Å². The molecule has 0 radical (unpaired) electrons. The fraction of sp³-hybridized carbons (Fsp3) is 0.333. The highest BCUT2D eigenvalue weighted by atomic mass is 33.1. The molecule has 3 heterocycles. The second-order valence-electron chi connectivity index (χ2n) is 15.4. The minimum Gasteiger partial charge on any atom is -0.467 e. The number of aliphatic hydroxyl groups is 2. The molecule has 6 atom stereocenters. The van der Waals surface area contributed by atoms with E-state index in [0.29, 0.717) is 38.5 Å². The molecular formula is C48H55N6O10S2+. The van der Waals surface area contributed by atoms with Crippen LogP contribution in [0.4, 0.5) is 11.4 Å². The first-order valence-corrected chi connectivity index (χ1v) is 23.6. The Morgan fingerprint density at radius 1 is 0.758 bits per heavy atom. The summed E-state index contributed by atoms with van der Waals surface area (Å²) in [6.45, 7) is 4.31. The molecule has 6 unspecified atom stereocenters. The number of aliphatic hydroxyl groups excluding tert-OH is 2. The zero-order chi connectivity index (χ0) is 47.4. The van der Waals surface area contributed by atoms with E-state index < -0.39 is 42.3 Å². The Balaban J connectivity index is 0.978. The van der Waals surface area contributed by atoms with Crippen LogP contribution in [0.1, 0.15) is 29.5 Å². The van der Waals surface area contributed by atoms with E-state index in [1.165, 1.54) is 42.0 Å². The van der Waals surface area contributed by atoms with Gasteiger partial charge in [-0.15, -0.1) is 0 Å². The van der Waals surface area contributed by atoms with Gasteiger partial charge in [0, 0.05) is 67.2 Å². The van der Waals surface area contributed by atoms with E-state index >= 15 is 0 Å². The lowest BCUT2D eigenvalue weighted by atomic mass is 10.1. The Morgan fingerprint density at radius 2 is 1.23 bits per heavy atom. The molecule has 2 aliphatic rings. The maximum absolute atomic E-state index is 12.7. The van der Waals surface area contributed by atoms with Crippen LogP contribution < -0.4 is 25.0 Å². The number of esters is 2. The van der Waals surface area contributed by atoms with Crippen LogP contribution in [0.3, 0.4) is 0 Å². The maximum Gasteiger partial charge on any atom is 0.328 e.